The molecule has 0 aliphatic rings. The average molecular weight is 411 g/mol. The van der Waals surface area contributed by atoms with Crippen molar-refractivity contribution in [2.45, 2.75) is 12.8 Å². The molecule has 0 aliphatic heterocycles. The zero-order chi connectivity index (χ0) is 14.3. The molecule has 1 aromatic carbocycles. The molecule has 6 heteroatoms. The van der Waals surface area contributed by atoms with E-state index in [4.69, 9.17) is 0 Å². The Balaban J connectivity index is 0.00000361. The molecular weight excluding hydrogens is 391 g/mol. The van der Waals surface area contributed by atoms with Gasteiger partial charge in [-0.15, -0.1) is 12.4 Å². The Morgan fingerprint density at radius 3 is 2.35 bits per heavy atom. The number of Topliss-reactive ketones (excluding diaryl/α,β-unsaturated/α-hetero) is 1. The molecule has 0 saturated heterocycles. The molecule has 0 aromatic heterocycles. The number of amides is 1. The van der Waals surface area contributed by atoms with Crippen molar-refractivity contribution >= 4 is 46.7 Å². The van der Waals surface area contributed by atoms with Gasteiger partial charge in [0, 0.05) is 42.1 Å². The molecule has 1 N–H and O–H groups in total. The number of nitrogens with one attached hydrogen (secondary N) is 1. The van der Waals surface area contributed by atoms with Crippen LogP contribution in [0, 0.1) is 3.57 Å². The van der Waals surface area contributed by atoms with Gasteiger partial charge in [0.25, 0.3) is 0 Å². The summed E-state index contributed by atoms with van der Waals surface area (Å²) >= 11 is 2.20. The van der Waals surface area contributed by atoms with Crippen molar-refractivity contribution in [3.63, 3.8) is 0 Å². The Morgan fingerprint density at radius 2 is 1.80 bits per heavy atom. The van der Waals surface area contributed by atoms with Gasteiger partial charge < -0.3 is 10.2 Å². The van der Waals surface area contributed by atoms with Gasteiger partial charge in [-0.3, -0.25) is 9.59 Å². The van der Waals surface area contributed by atoms with E-state index < -0.39 is 0 Å². The highest BCUT2D eigenvalue weighted by atomic mass is 127. The Morgan fingerprint density at radius 1 is 1.20 bits per heavy atom. The topological polar surface area (TPSA) is 49.4 Å². The third-order valence-electron chi connectivity index (χ3n) is 2.86. The summed E-state index contributed by atoms with van der Waals surface area (Å²) in [6.07, 6.45) is 0.536. The minimum absolute atomic E-state index is 0. The van der Waals surface area contributed by atoms with Crippen LogP contribution < -0.4 is 5.32 Å². The maximum absolute atomic E-state index is 11.9. The molecule has 20 heavy (non-hydrogen) atoms. The number of carbonyl (C=O) groups excluding carboxylic acids is 2. The fourth-order valence-corrected chi connectivity index (χ4v) is 1.96. The highest BCUT2D eigenvalue weighted by Crippen LogP contribution is 2.10. The molecule has 0 fully saturated rings. The van der Waals surface area contributed by atoms with Crippen molar-refractivity contribution in [1.29, 1.82) is 0 Å². The minimum atomic E-state index is 0. The number of rotatable bonds is 7. The SMILES string of the molecule is CNCCN(C)C(=O)CCC(=O)c1ccc(I)cc1.Cl. The van der Waals surface area contributed by atoms with E-state index in [-0.39, 0.29) is 36.9 Å². The molecule has 1 aromatic rings. The van der Waals surface area contributed by atoms with E-state index in [0.29, 0.717) is 12.1 Å². The van der Waals surface area contributed by atoms with E-state index in [9.17, 15) is 9.59 Å². The monoisotopic (exact) mass is 410 g/mol. The summed E-state index contributed by atoms with van der Waals surface area (Å²) in [7, 11) is 3.60. The minimum Gasteiger partial charge on any atom is -0.344 e. The van der Waals surface area contributed by atoms with E-state index in [1.807, 2.05) is 19.2 Å². The lowest BCUT2D eigenvalue weighted by molar-refractivity contribution is -0.129. The Labute approximate surface area is 139 Å². The predicted molar refractivity (Wildman–Crippen MR) is 91.5 cm³/mol. The highest BCUT2D eigenvalue weighted by molar-refractivity contribution is 14.1. The first kappa shape index (κ1) is 19.3. The number of halogens is 2. The van der Waals surface area contributed by atoms with E-state index >= 15 is 0 Å². The van der Waals surface area contributed by atoms with Gasteiger partial charge >= 0.3 is 0 Å². The number of hydrogen-bond acceptors (Lipinski definition) is 3. The predicted octanol–water partition coefficient (Wildman–Crippen LogP) is 2.35. The second kappa shape index (κ2) is 10.1. The van der Waals surface area contributed by atoms with E-state index in [2.05, 4.69) is 27.9 Å². The molecule has 112 valence electrons. The number of carbonyl (C=O) groups is 2. The number of ketones is 1. The lowest BCUT2D eigenvalue weighted by atomic mass is 10.1. The van der Waals surface area contributed by atoms with E-state index in [1.165, 1.54) is 0 Å². The summed E-state index contributed by atoms with van der Waals surface area (Å²) in [5, 5.41) is 2.99. The van der Waals surface area contributed by atoms with Gasteiger partial charge in [-0.25, -0.2) is 0 Å². The van der Waals surface area contributed by atoms with Gasteiger partial charge in [0.1, 0.15) is 0 Å². The Kier molecular flexibility index (Phi) is 9.79. The van der Waals surface area contributed by atoms with Crippen LogP contribution in [0.4, 0.5) is 0 Å². The fourth-order valence-electron chi connectivity index (χ4n) is 1.60. The summed E-state index contributed by atoms with van der Waals surface area (Å²) in [5.74, 6) is 0.0286. The smallest absolute Gasteiger partial charge is 0.222 e. The third-order valence-corrected chi connectivity index (χ3v) is 3.57. The summed E-state index contributed by atoms with van der Waals surface area (Å²) in [4.78, 5) is 25.3. The van der Waals surface area contributed by atoms with E-state index in [0.717, 1.165) is 10.1 Å². The summed E-state index contributed by atoms with van der Waals surface area (Å²) < 4.78 is 1.09. The second-order valence-corrected chi connectivity index (χ2v) is 5.59. The van der Waals surface area contributed by atoms with Gasteiger partial charge in [0.05, 0.1) is 0 Å². The zero-order valence-corrected chi connectivity index (χ0v) is 14.7. The average Bonchev–Trinajstić information content (AvgIpc) is 2.42. The van der Waals surface area contributed by atoms with Crippen molar-refractivity contribution in [3.8, 4) is 0 Å². The summed E-state index contributed by atoms with van der Waals surface area (Å²) in [6, 6.07) is 7.40. The first-order chi connectivity index (χ1) is 9.04. The van der Waals surface area contributed by atoms with Crippen molar-refractivity contribution in [1.82, 2.24) is 10.2 Å². The van der Waals surface area contributed by atoms with Crippen LogP contribution in [0.5, 0.6) is 0 Å². The molecule has 4 nitrogen and oxygen atoms in total. The number of likely N-dealkylation sites (N-methyl/N-ethyl adjacent to an activating group) is 2. The molecule has 1 rings (SSSR count). The first-order valence-corrected chi connectivity index (χ1v) is 7.30. The molecule has 0 atom stereocenters. The maximum Gasteiger partial charge on any atom is 0.222 e. The van der Waals surface area contributed by atoms with E-state index in [1.54, 1.807) is 24.1 Å². The van der Waals surface area contributed by atoms with Crippen LogP contribution in [-0.2, 0) is 4.79 Å². The van der Waals surface area contributed by atoms with Gasteiger partial charge in [0.15, 0.2) is 5.78 Å². The lowest BCUT2D eigenvalue weighted by Gasteiger charge is -2.16. The van der Waals surface area contributed by atoms with Crippen molar-refractivity contribution in [2.75, 3.05) is 27.2 Å². The van der Waals surface area contributed by atoms with Crippen LogP contribution in [-0.4, -0.2) is 43.8 Å². The van der Waals surface area contributed by atoms with Crippen molar-refractivity contribution in [2.24, 2.45) is 0 Å². The lowest BCUT2D eigenvalue weighted by Crippen LogP contribution is -2.32. The molecule has 0 saturated carbocycles. The molecule has 0 radical (unpaired) electrons. The second-order valence-electron chi connectivity index (χ2n) is 4.35. The van der Waals surface area contributed by atoms with Crippen LogP contribution in [0.2, 0.25) is 0 Å². The summed E-state index contributed by atoms with van der Waals surface area (Å²) in [5.41, 5.74) is 0.672. The largest absolute Gasteiger partial charge is 0.344 e. The summed E-state index contributed by atoms with van der Waals surface area (Å²) in [6.45, 7) is 1.42. The van der Waals surface area contributed by atoms with Crippen LogP contribution in [0.3, 0.4) is 0 Å². The van der Waals surface area contributed by atoms with Crippen LogP contribution in [0.25, 0.3) is 0 Å². The van der Waals surface area contributed by atoms with Crippen LogP contribution >= 0.6 is 35.0 Å². The third kappa shape index (κ3) is 6.67. The first-order valence-electron chi connectivity index (χ1n) is 6.22. The number of benzene rings is 1. The molecular formula is C14H20ClIN2O2. The van der Waals surface area contributed by atoms with Crippen LogP contribution in [0.1, 0.15) is 23.2 Å². The molecule has 1 amide bonds. The standard InChI is InChI=1S/C14H19IN2O2.ClH/c1-16-9-10-17(2)14(19)8-7-13(18)11-3-5-12(15)6-4-11;/h3-6,16H,7-10H2,1-2H3;1H. The van der Waals surface area contributed by atoms with Gasteiger partial charge in [-0.2, -0.15) is 0 Å². The molecule has 0 heterocycles. The maximum atomic E-state index is 11.9. The molecule has 0 aliphatic carbocycles. The number of hydrogen-bond donors (Lipinski definition) is 1. The fraction of sp³-hybridized carbons (Fsp3) is 0.429. The van der Waals surface area contributed by atoms with Crippen molar-refractivity contribution in [3.05, 3.63) is 33.4 Å². The van der Waals surface area contributed by atoms with Crippen molar-refractivity contribution < 1.29 is 9.59 Å². The zero-order valence-electron chi connectivity index (χ0n) is 11.7. The van der Waals surface area contributed by atoms with Crippen LogP contribution in [0.15, 0.2) is 24.3 Å². The molecule has 0 bridgehead atoms. The normalized spacial score (nSPS) is 9.75. The number of nitrogens with zero attached hydrogens (tertiary/aromatic N) is 1. The molecule has 0 spiro atoms. The Bertz CT molecular complexity index is 437. The van der Waals surface area contributed by atoms with Gasteiger partial charge in [-0.05, 0) is 41.8 Å². The molecule has 0 unspecified atom stereocenters. The quantitative estimate of drug-likeness (QED) is 0.554. The Hall–Kier alpha value is -0.660. The van der Waals surface area contributed by atoms with Gasteiger partial charge in [0.2, 0.25) is 5.91 Å². The van der Waals surface area contributed by atoms with Gasteiger partial charge in [-0.1, -0.05) is 12.1 Å². The highest BCUT2D eigenvalue weighted by Gasteiger charge is 2.12.